The lowest BCUT2D eigenvalue weighted by atomic mass is 10.0. The topological polar surface area (TPSA) is 125 Å². The second kappa shape index (κ2) is 9.01. The molecule has 1 saturated heterocycles. The van der Waals surface area contributed by atoms with Gasteiger partial charge in [0.05, 0.1) is 12.1 Å². The van der Waals surface area contributed by atoms with Crippen LogP contribution >= 0.6 is 0 Å². The Morgan fingerprint density at radius 1 is 0.919 bits per heavy atom. The number of rotatable bonds is 4. The van der Waals surface area contributed by atoms with Crippen molar-refractivity contribution in [1.82, 2.24) is 10.6 Å². The maximum atomic E-state index is 13.9. The number of hydrogen-bond acceptors (Lipinski definition) is 6. The molecule has 9 nitrogen and oxygen atoms in total. The number of aryl methyl sites for hydroxylation is 1. The molecular formula is C28H25N3O6. The fourth-order valence-electron chi connectivity index (χ4n) is 5.58. The van der Waals surface area contributed by atoms with Crippen LogP contribution in [0.2, 0.25) is 0 Å². The van der Waals surface area contributed by atoms with Gasteiger partial charge < -0.3 is 20.5 Å². The van der Waals surface area contributed by atoms with Gasteiger partial charge >= 0.3 is 5.97 Å². The summed E-state index contributed by atoms with van der Waals surface area (Å²) in [6.07, 6.45) is -0.328. The van der Waals surface area contributed by atoms with Crippen LogP contribution in [-0.4, -0.2) is 53.2 Å². The van der Waals surface area contributed by atoms with E-state index in [0.29, 0.717) is 30.5 Å². The molecule has 3 N–H and O–H groups in total. The number of nitrogens with zero attached hydrogens (tertiary/aromatic N) is 1. The van der Waals surface area contributed by atoms with E-state index in [2.05, 4.69) is 10.6 Å². The van der Waals surface area contributed by atoms with Crippen LogP contribution in [0.25, 0.3) is 10.8 Å². The monoisotopic (exact) mass is 499 g/mol. The highest BCUT2D eigenvalue weighted by Gasteiger charge is 2.45. The normalized spacial score (nSPS) is 24.4. The van der Waals surface area contributed by atoms with Crippen LogP contribution in [0.15, 0.2) is 60.7 Å². The Bertz CT molecular complexity index is 1450. The lowest BCUT2D eigenvalue weighted by molar-refractivity contribution is -0.155. The van der Waals surface area contributed by atoms with E-state index in [4.69, 9.17) is 4.74 Å². The SMILES string of the molecule is O=C1C[C@H](NC(=O)[C@@H]2Cc3cccc4c3N2C(=O)[C@@H](NC(=O)c2cccc3ccccc23)CC4)C(O)O1. The van der Waals surface area contributed by atoms with Gasteiger partial charge in [-0.25, -0.2) is 0 Å². The maximum absolute atomic E-state index is 13.9. The summed E-state index contributed by atoms with van der Waals surface area (Å²) in [6.45, 7) is 0. The molecule has 0 bridgehead atoms. The smallest absolute Gasteiger partial charge is 0.310 e. The van der Waals surface area contributed by atoms with Crippen molar-refractivity contribution in [3.05, 3.63) is 77.4 Å². The third-order valence-corrected chi connectivity index (χ3v) is 7.36. The number of esters is 1. The van der Waals surface area contributed by atoms with Crippen molar-refractivity contribution in [2.45, 2.75) is 50.1 Å². The predicted molar refractivity (Wildman–Crippen MR) is 134 cm³/mol. The second-order valence-electron chi connectivity index (χ2n) is 9.64. The number of anilines is 1. The number of amides is 3. The van der Waals surface area contributed by atoms with Gasteiger partial charge in [0, 0.05) is 12.0 Å². The molecule has 0 aliphatic carbocycles. The minimum atomic E-state index is -1.43. The van der Waals surface area contributed by atoms with Gasteiger partial charge in [-0.1, -0.05) is 54.6 Å². The molecule has 37 heavy (non-hydrogen) atoms. The van der Waals surface area contributed by atoms with E-state index in [1.165, 1.54) is 4.90 Å². The zero-order valence-electron chi connectivity index (χ0n) is 19.8. The number of ether oxygens (including phenoxy) is 1. The van der Waals surface area contributed by atoms with E-state index in [1.54, 1.807) is 12.1 Å². The number of aliphatic hydroxyl groups is 1. The number of hydrogen-bond donors (Lipinski definition) is 3. The van der Waals surface area contributed by atoms with Crippen molar-refractivity contribution in [1.29, 1.82) is 0 Å². The lowest BCUT2D eigenvalue weighted by Crippen LogP contribution is -2.56. The summed E-state index contributed by atoms with van der Waals surface area (Å²) in [4.78, 5) is 53.5. The summed E-state index contributed by atoms with van der Waals surface area (Å²) in [5.74, 6) is -1.81. The van der Waals surface area contributed by atoms with Crippen molar-refractivity contribution in [3.8, 4) is 0 Å². The molecule has 1 unspecified atom stereocenters. The number of fused-ring (bicyclic) bond motifs is 1. The molecule has 6 rings (SSSR count). The predicted octanol–water partition coefficient (Wildman–Crippen LogP) is 1.59. The fourth-order valence-corrected chi connectivity index (χ4v) is 5.58. The van der Waals surface area contributed by atoms with E-state index in [0.717, 1.165) is 21.9 Å². The molecule has 4 atom stereocenters. The van der Waals surface area contributed by atoms with Gasteiger partial charge in [-0.2, -0.15) is 0 Å². The van der Waals surface area contributed by atoms with Crippen molar-refractivity contribution < 1.29 is 29.0 Å². The number of carbonyl (C=O) groups excluding carboxylic acids is 4. The molecule has 0 spiro atoms. The van der Waals surface area contributed by atoms with E-state index >= 15 is 0 Å². The Balaban J connectivity index is 1.28. The first-order valence-electron chi connectivity index (χ1n) is 12.3. The second-order valence-corrected chi connectivity index (χ2v) is 9.64. The number of nitrogens with one attached hydrogen (secondary N) is 2. The van der Waals surface area contributed by atoms with Crippen molar-refractivity contribution in [3.63, 3.8) is 0 Å². The van der Waals surface area contributed by atoms with Crippen LogP contribution in [-0.2, 0) is 32.0 Å². The molecule has 3 aliphatic heterocycles. The van der Waals surface area contributed by atoms with E-state index in [9.17, 15) is 24.3 Å². The van der Waals surface area contributed by atoms with Crippen molar-refractivity contribution >= 4 is 40.2 Å². The Morgan fingerprint density at radius 2 is 1.68 bits per heavy atom. The first kappa shape index (κ1) is 23.2. The molecular weight excluding hydrogens is 474 g/mol. The molecule has 3 aromatic carbocycles. The zero-order valence-corrected chi connectivity index (χ0v) is 19.8. The third kappa shape index (κ3) is 4.01. The average Bonchev–Trinajstić information content (AvgIpc) is 3.40. The van der Waals surface area contributed by atoms with Crippen molar-refractivity contribution in [2.75, 3.05) is 4.90 Å². The molecule has 3 aliphatic rings. The van der Waals surface area contributed by atoms with E-state index in [1.807, 2.05) is 48.5 Å². The number of para-hydroxylation sites is 1. The number of aliphatic hydroxyl groups excluding tert-OH is 1. The van der Waals surface area contributed by atoms with Crippen LogP contribution in [0.4, 0.5) is 5.69 Å². The van der Waals surface area contributed by atoms with Crippen LogP contribution in [0.1, 0.15) is 34.3 Å². The van der Waals surface area contributed by atoms with E-state index in [-0.39, 0.29) is 18.2 Å². The fraction of sp³-hybridized carbons (Fsp3) is 0.286. The molecule has 0 saturated carbocycles. The molecule has 0 aromatic heterocycles. The van der Waals surface area contributed by atoms with Gasteiger partial charge in [-0.05, 0) is 40.8 Å². The molecule has 3 heterocycles. The van der Waals surface area contributed by atoms with Crippen LogP contribution in [0.3, 0.4) is 0 Å². The highest BCUT2D eigenvalue weighted by atomic mass is 16.6. The first-order valence-corrected chi connectivity index (χ1v) is 12.3. The van der Waals surface area contributed by atoms with Gasteiger partial charge in [0.1, 0.15) is 18.1 Å². The van der Waals surface area contributed by atoms with Gasteiger partial charge in [0.25, 0.3) is 5.91 Å². The van der Waals surface area contributed by atoms with Crippen LogP contribution in [0, 0.1) is 0 Å². The van der Waals surface area contributed by atoms with Gasteiger partial charge in [0.15, 0.2) is 0 Å². The van der Waals surface area contributed by atoms with Crippen LogP contribution in [0.5, 0.6) is 0 Å². The number of carbonyl (C=O) groups is 4. The third-order valence-electron chi connectivity index (χ3n) is 7.36. The summed E-state index contributed by atoms with van der Waals surface area (Å²) in [6, 6.07) is 16.2. The lowest BCUT2D eigenvalue weighted by Gasteiger charge is -2.28. The molecule has 9 heteroatoms. The van der Waals surface area contributed by atoms with Gasteiger partial charge in [-0.3, -0.25) is 24.1 Å². The Morgan fingerprint density at radius 3 is 2.49 bits per heavy atom. The Labute approximate surface area is 212 Å². The van der Waals surface area contributed by atoms with Gasteiger partial charge in [0.2, 0.25) is 18.1 Å². The molecule has 1 fully saturated rings. The van der Waals surface area contributed by atoms with Gasteiger partial charge in [-0.15, -0.1) is 0 Å². The summed E-state index contributed by atoms with van der Waals surface area (Å²) in [7, 11) is 0. The summed E-state index contributed by atoms with van der Waals surface area (Å²) < 4.78 is 4.73. The number of cyclic esters (lactones) is 1. The van der Waals surface area contributed by atoms with E-state index < -0.39 is 36.3 Å². The van der Waals surface area contributed by atoms with Crippen molar-refractivity contribution in [2.24, 2.45) is 0 Å². The molecule has 3 amide bonds. The minimum Gasteiger partial charge on any atom is -0.434 e. The standard InChI is InChI=1S/C28H25N3O6/c32-23-14-21(28(36)37-23)30-26(34)22-13-17-8-3-7-16-11-12-20(27(35)31(22)24(16)17)29-25(33)19-10-4-6-15-5-1-2-9-18(15)19/h1-10,20-22,28,36H,11-14H2,(H,29,33)(H,30,34)/t20-,21-,22-,28?/m0/s1. The molecule has 188 valence electrons. The Hall–Kier alpha value is -4.24. The quantitative estimate of drug-likeness (QED) is 0.469. The summed E-state index contributed by atoms with van der Waals surface area (Å²) in [5, 5.41) is 17.2. The summed E-state index contributed by atoms with van der Waals surface area (Å²) >= 11 is 0. The highest BCUT2D eigenvalue weighted by molar-refractivity contribution is 6.11. The highest BCUT2D eigenvalue weighted by Crippen LogP contribution is 2.39. The zero-order chi connectivity index (χ0) is 25.7. The van der Waals surface area contributed by atoms with Crippen LogP contribution < -0.4 is 15.5 Å². The molecule has 3 aromatic rings. The Kier molecular flexibility index (Phi) is 5.64. The summed E-state index contributed by atoms with van der Waals surface area (Å²) in [5.41, 5.74) is 2.98. The first-order chi connectivity index (χ1) is 17.9. The minimum absolute atomic E-state index is 0.143. The average molecular weight is 500 g/mol. The number of benzene rings is 3. The maximum Gasteiger partial charge on any atom is 0.310 e. The molecule has 0 radical (unpaired) electrons. The largest absolute Gasteiger partial charge is 0.434 e.